The topological polar surface area (TPSA) is 78.9 Å². The molecule has 332 valence electrons. The normalized spacial score (nSPS) is 13.1. The van der Waals surface area contributed by atoms with Gasteiger partial charge in [-0.2, -0.15) is 0 Å². The van der Waals surface area contributed by atoms with E-state index in [9.17, 15) is 14.4 Å². The van der Waals surface area contributed by atoms with Crippen LogP contribution in [0, 0.1) is 0 Å². The van der Waals surface area contributed by atoms with E-state index in [-0.39, 0.29) is 37.5 Å². The Balaban J connectivity index is 4.55. The van der Waals surface area contributed by atoms with Crippen LogP contribution in [0.5, 0.6) is 0 Å². The van der Waals surface area contributed by atoms with Gasteiger partial charge < -0.3 is 14.2 Å². The van der Waals surface area contributed by atoms with E-state index < -0.39 is 6.10 Å². The van der Waals surface area contributed by atoms with Crippen LogP contribution < -0.4 is 0 Å². The summed E-state index contributed by atoms with van der Waals surface area (Å²) >= 11 is 0. The van der Waals surface area contributed by atoms with Gasteiger partial charge in [0.15, 0.2) is 6.10 Å². The molecule has 6 heteroatoms. The summed E-state index contributed by atoms with van der Waals surface area (Å²) in [5.74, 6) is -1.04. The highest BCUT2D eigenvalue weighted by molar-refractivity contribution is 5.71. The van der Waals surface area contributed by atoms with Gasteiger partial charge in [0.05, 0.1) is 0 Å². The molecule has 0 rings (SSSR count). The van der Waals surface area contributed by atoms with Crippen molar-refractivity contribution in [2.75, 3.05) is 13.2 Å². The molecule has 59 heavy (non-hydrogen) atoms. The molecule has 0 aliphatic carbocycles. The minimum atomic E-state index is -0.825. The second kappa shape index (κ2) is 46.8. The molecule has 0 fully saturated rings. The van der Waals surface area contributed by atoms with Gasteiger partial charge in [-0.1, -0.05) is 182 Å². The highest BCUT2D eigenvalue weighted by Gasteiger charge is 2.19. The van der Waals surface area contributed by atoms with Crippen molar-refractivity contribution >= 4 is 17.9 Å². The molecule has 6 nitrogen and oxygen atoms in total. The summed E-state index contributed by atoms with van der Waals surface area (Å²) in [6.45, 7) is 6.25. The molecule has 0 bridgehead atoms. The molecular weight excluding hydrogens is 733 g/mol. The van der Waals surface area contributed by atoms with Crippen molar-refractivity contribution in [3.63, 3.8) is 0 Å². The smallest absolute Gasteiger partial charge is 0.306 e. The molecule has 0 heterocycles. The summed E-state index contributed by atoms with van der Waals surface area (Å²) in [5.41, 5.74) is 0. The van der Waals surface area contributed by atoms with Gasteiger partial charge in [-0.15, -0.1) is 0 Å². The Kier molecular flexibility index (Phi) is 43.6. The van der Waals surface area contributed by atoms with Crippen LogP contribution in [-0.2, 0) is 28.6 Å². The Hall–Kier alpha value is -3.93. The number of hydrogen-bond donors (Lipinski definition) is 0. The van der Waals surface area contributed by atoms with Crippen molar-refractivity contribution in [2.45, 2.75) is 194 Å². The number of carbonyl (C=O) groups excluding carboxylic acids is 3. The second-order valence-electron chi connectivity index (χ2n) is 15.0. The first-order valence-corrected chi connectivity index (χ1v) is 23.5. The zero-order valence-corrected chi connectivity index (χ0v) is 37.7. The number of hydrogen-bond acceptors (Lipinski definition) is 6. The summed E-state index contributed by atoms with van der Waals surface area (Å²) < 4.78 is 16.6. The highest BCUT2D eigenvalue weighted by Crippen LogP contribution is 2.11. The molecule has 0 spiro atoms. The van der Waals surface area contributed by atoms with E-state index in [4.69, 9.17) is 14.2 Å². The van der Waals surface area contributed by atoms with Crippen LogP contribution in [0.1, 0.15) is 188 Å². The van der Waals surface area contributed by atoms with E-state index in [1.807, 2.05) is 36.5 Å². The van der Waals surface area contributed by atoms with E-state index in [1.54, 1.807) is 0 Å². The number of carbonyl (C=O) groups is 3. The molecular formula is C53H84O6. The number of ether oxygens (including phenoxy) is 3. The molecule has 1 unspecified atom stereocenters. The van der Waals surface area contributed by atoms with Crippen molar-refractivity contribution in [3.05, 3.63) is 109 Å². The molecule has 0 radical (unpaired) electrons. The van der Waals surface area contributed by atoms with Crippen LogP contribution in [0.25, 0.3) is 0 Å². The third kappa shape index (κ3) is 45.0. The minimum Gasteiger partial charge on any atom is -0.462 e. The SMILES string of the molecule is CC\C=C/C=C\C=C/C=C\CCCCCC(=O)OC(COC(=O)CCCC/C=C\C/C=C\C/C=C\CC)COC(=O)CCCCC/C=C\C=C/CCCCCCCCC. The van der Waals surface area contributed by atoms with Crippen molar-refractivity contribution in [1.82, 2.24) is 0 Å². The molecule has 0 aliphatic heterocycles. The molecule has 0 aromatic rings. The average molecular weight is 817 g/mol. The first-order valence-electron chi connectivity index (χ1n) is 23.5. The largest absolute Gasteiger partial charge is 0.462 e. The van der Waals surface area contributed by atoms with Crippen LogP contribution in [0.15, 0.2) is 109 Å². The minimum absolute atomic E-state index is 0.123. The summed E-state index contributed by atoms with van der Waals surface area (Å²) in [5, 5.41) is 0. The Labute approximate surface area is 361 Å². The van der Waals surface area contributed by atoms with Crippen molar-refractivity contribution in [3.8, 4) is 0 Å². The van der Waals surface area contributed by atoms with Gasteiger partial charge in [-0.05, 0) is 96.3 Å². The van der Waals surface area contributed by atoms with Gasteiger partial charge in [0, 0.05) is 19.3 Å². The Bertz CT molecular complexity index is 1260. The van der Waals surface area contributed by atoms with Gasteiger partial charge in [-0.3, -0.25) is 14.4 Å². The number of unbranched alkanes of at least 4 members (excludes halogenated alkanes) is 15. The Morgan fingerprint density at radius 1 is 0.373 bits per heavy atom. The molecule has 0 aromatic heterocycles. The summed E-state index contributed by atoms with van der Waals surface area (Å²) in [6.07, 6.45) is 62.2. The quantitative estimate of drug-likeness (QED) is 0.0201. The molecule has 1 atom stereocenters. The van der Waals surface area contributed by atoms with Gasteiger partial charge >= 0.3 is 17.9 Å². The average Bonchev–Trinajstić information content (AvgIpc) is 3.23. The van der Waals surface area contributed by atoms with Crippen LogP contribution in [0.4, 0.5) is 0 Å². The summed E-state index contributed by atoms with van der Waals surface area (Å²) in [4.78, 5) is 37.8. The van der Waals surface area contributed by atoms with Crippen LogP contribution in [-0.4, -0.2) is 37.2 Å². The maximum absolute atomic E-state index is 12.7. The van der Waals surface area contributed by atoms with E-state index in [0.29, 0.717) is 25.7 Å². The summed E-state index contributed by atoms with van der Waals surface area (Å²) in [7, 11) is 0. The maximum Gasteiger partial charge on any atom is 0.306 e. The first kappa shape index (κ1) is 55.1. The zero-order valence-electron chi connectivity index (χ0n) is 37.7. The number of rotatable bonds is 40. The van der Waals surface area contributed by atoms with E-state index in [0.717, 1.165) is 89.9 Å². The van der Waals surface area contributed by atoms with Crippen molar-refractivity contribution < 1.29 is 28.6 Å². The Morgan fingerprint density at radius 3 is 1.29 bits per heavy atom. The van der Waals surface area contributed by atoms with Crippen LogP contribution >= 0.6 is 0 Å². The molecule has 0 N–H and O–H groups in total. The highest BCUT2D eigenvalue weighted by atomic mass is 16.6. The fraction of sp³-hybridized carbons (Fsp3) is 0.604. The molecule has 0 aromatic carbocycles. The van der Waals surface area contributed by atoms with Crippen molar-refractivity contribution in [2.24, 2.45) is 0 Å². The van der Waals surface area contributed by atoms with Gasteiger partial charge in [0.1, 0.15) is 13.2 Å². The van der Waals surface area contributed by atoms with Crippen LogP contribution in [0.3, 0.4) is 0 Å². The van der Waals surface area contributed by atoms with Gasteiger partial charge in [-0.25, -0.2) is 0 Å². The first-order chi connectivity index (χ1) is 29.0. The van der Waals surface area contributed by atoms with E-state index in [1.165, 1.54) is 44.9 Å². The number of esters is 3. The fourth-order valence-electron chi connectivity index (χ4n) is 5.87. The second-order valence-corrected chi connectivity index (χ2v) is 15.0. The lowest BCUT2D eigenvalue weighted by Crippen LogP contribution is -2.30. The fourth-order valence-corrected chi connectivity index (χ4v) is 5.87. The van der Waals surface area contributed by atoms with E-state index >= 15 is 0 Å². The van der Waals surface area contributed by atoms with Gasteiger partial charge in [0.25, 0.3) is 0 Å². The monoisotopic (exact) mass is 817 g/mol. The predicted octanol–water partition coefficient (Wildman–Crippen LogP) is 15.2. The third-order valence-electron chi connectivity index (χ3n) is 9.36. The van der Waals surface area contributed by atoms with Crippen molar-refractivity contribution in [1.29, 1.82) is 0 Å². The molecule has 0 amide bonds. The van der Waals surface area contributed by atoms with E-state index in [2.05, 4.69) is 93.7 Å². The number of allylic oxidation sites excluding steroid dienone is 18. The predicted molar refractivity (Wildman–Crippen MR) is 251 cm³/mol. The zero-order chi connectivity index (χ0) is 43.0. The van der Waals surface area contributed by atoms with Gasteiger partial charge in [0.2, 0.25) is 0 Å². The molecule has 0 aliphatic rings. The molecule has 0 saturated carbocycles. The third-order valence-corrected chi connectivity index (χ3v) is 9.36. The summed E-state index contributed by atoms with van der Waals surface area (Å²) in [6, 6.07) is 0. The lowest BCUT2D eigenvalue weighted by molar-refractivity contribution is -0.167. The van der Waals surface area contributed by atoms with Crippen LogP contribution in [0.2, 0.25) is 0 Å². The Morgan fingerprint density at radius 2 is 0.746 bits per heavy atom. The maximum atomic E-state index is 12.7. The molecule has 0 saturated heterocycles. The lowest BCUT2D eigenvalue weighted by atomic mass is 10.1. The lowest BCUT2D eigenvalue weighted by Gasteiger charge is -2.18. The standard InChI is InChI=1S/C53H84O6/c1-4-7-10-13-16-19-22-25-26-27-29-31-34-37-40-43-46-52(55)58-49-50(48-57-51(54)45-42-39-36-33-30-24-21-18-15-12-9-6-3)59-53(56)47-44-41-38-35-32-28-23-20-17-14-11-8-5-2/h8-9,11-12,14,17-18,20-21,23,26-33,50H,4-7,10,13,15-16,19,22,24-25,34-49H2,1-3H3/b11-8-,12-9-,17-14-,21-18-,23-20-,27-26-,31-29-,32-28-,33-30-.